The first-order valence-electron chi connectivity index (χ1n) is 11.6. The minimum atomic E-state index is -1.30. The lowest BCUT2D eigenvalue weighted by molar-refractivity contribution is -0.140. The van der Waals surface area contributed by atoms with E-state index in [1.54, 1.807) is 56.7 Å². The zero-order valence-electron chi connectivity index (χ0n) is 20.2. The standard InChI is InChI=1S/C27H26N4O5/c1-17-6-8-18(9-7-17)21-15-22(23-5-4-14-36-23)31(29-21)24(32)16-30-25(33)27(2,28-26(30)34)19-10-12-20(35-3)13-11-19/h4-14,22H,15-16H2,1-3H3,(H,28,34)/t22-,27-/m1/s1. The Balaban J connectivity index is 1.39. The first kappa shape index (κ1) is 23.3. The number of urea groups is 1. The van der Waals surface area contributed by atoms with Gasteiger partial charge < -0.3 is 14.5 Å². The maximum absolute atomic E-state index is 13.4. The fraction of sp³-hybridized carbons (Fsp3) is 0.259. The number of hydrogen-bond acceptors (Lipinski definition) is 6. The molecule has 0 spiro atoms. The summed E-state index contributed by atoms with van der Waals surface area (Å²) in [7, 11) is 1.55. The average Bonchev–Trinajstić information content (AvgIpc) is 3.61. The number of imide groups is 1. The van der Waals surface area contributed by atoms with Crippen molar-refractivity contribution < 1.29 is 23.5 Å². The third-order valence-corrected chi connectivity index (χ3v) is 6.66. The van der Waals surface area contributed by atoms with Crippen LogP contribution in [-0.4, -0.2) is 47.1 Å². The van der Waals surface area contributed by atoms with Crippen LogP contribution >= 0.6 is 0 Å². The van der Waals surface area contributed by atoms with Gasteiger partial charge in [-0.1, -0.05) is 42.0 Å². The molecule has 9 heteroatoms. The third-order valence-electron chi connectivity index (χ3n) is 6.66. The van der Waals surface area contributed by atoms with E-state index in [-0.39, 0.29) is 0 Å². The number of nitrogens with one attached hydrogen (secondary N) is 1. The van der Waals surface area contributed by atoms with E-state index in [4.69, 9.17) is 9.15 Å². The van der Waals surface area contributed by atoms with Gasteiger partial charge in [0.1, 0.15) is 29.6 Å². The van der Waals surface area contributed by atoms with Crippen molar-refractivity contribution in [2.45, 2.75) is 31.8 Å². The van der Waals surface area contributed by atoms with Crippen molar-refractivity contribution in [2.75, 3.05) is 13.7 Å². The molecule has 2 aliphatic heterocycles. The third kappa shape index (κ3) is 4.02. The number of aryl methyl sites for hydroxylation is 1. The topological polar surface area (TPSA) is 104 Å². The molecular weight excluding hydrogens is 460 g/mol. The Morgan fingerprint density at radius 2 is 1.86 bits per heavy atom. The largest absolute Gasteiger partial charge is 0.497 e. The predicted molar refractivity (Wildman–Crippen MR) is 131 cm³/mol. The first-order valence-corrected chi connectivity index (χ1v) is 11.6. The van der Waals surface area contributed by atoms with Gasteiger partial charge in [0.2, 0.25) is 0 Å². The van der Waals surface area contributed by atoms with E-state index in [0.29, 0.717) is 23.5 Å². The lowest BCUT2D eigenvalue weighted by Gasteiger charge is -2.24. The number of amides is 4. The van der Waals surface area contributed by atoms with E-state index >= 15 is 0 Å². The molecule has 3 heterocycles. The van der Waals surface area contributed by atoms with Crippen LogP contribution in [0.5, 0.6) is 5.75 Å². The monoisotopic (exact) mass is 486 g/mol. The summed E-state index contributed by atoms with van der Waals surface area (Å²) in [4.78, 5) is 40.6. The highest BCUT2D eigenvalue weighted by Crippen LogP contribution is 2.34. The molecular formula is C27H26N4O5. The van der Waals surface area contributed by atoms with Crippen LogP contribution in [0, 0.1) is 6.92 Å². The summed E-state index contributed by atoms with van der Waals surface area (Å²) in [6.45, 7) is 3.17. The summed E-state index contributed by atoms with van der Waals surface area (Å²) in [5.74, 6) is 0.212. The van der Waals surface area contributed by atoms with Gasteiger partial charge in [0, 0.05) is 6.42 Å². The number of nitrogens with zero attached hydrogens (tertiary/aromatic N) is 3. The summed E-state index contributed by atoms with van der Waals surface area (Å²) >= 11 is 0. The molecule has 0 bridgehead atoms. The molecule has 2 aliphatic rings. The quantitative estimate of drug-likeness (QED) is 0.535. The molecule has 0 radical (unpaired) electrons. The van der Waals surface area contributed by atoms with Crippen LogP contribution in [-0.2, 0) is 15.1 Å². The fourth-order valence-corrected chi connectivity index (χ4v) is 4.53. The number of furan rings is 1. The minimum Gasteiger partial charge on any atom is -0.497 e. The van der Waals surface area contributed by atoms with Crippen LogP contribution in [0.2, 0.25) is 0 Å². The van der Waals surface area contributed by atoms with E-state index in [1.807, 2.05) is 31.2 Å². The van der Waals surface area contributed by atoms with Gasteiger partial charge in [-0.25, -0.2) is 9.80 Å². The zero-order chi connectivity index (χ0) is 25.4. The molecule has 2 aromatic carbocycles. The SMILES string of the molecule is COc1ccc([C@@]2(C)NC(=O)N(CC(=O)N3N=C(c4ccc(C)cc4)C[C@@H]3c3ccco3)C2=O)cc1. The molecule has 5 rings (SSSR count). The summed E-state index contributed by atoms with van der Waals surface area (Å²) in [5.41, 5.74) is 2.03. The minimum absolute atomic E-state index is 0.446. The summed E-state index contributed by atoms with van der Waals surface area (Å²) < 4.78 is 10.8. The first-order chi connectivity index (χ1) is 17.3. The Morgan fingerprint density at radius 1 is 1.14 bits per heavy atom. The molecule has 1 saturated heterocycles. The Labute approximate surface area is 208 Å². The normalized spacial score (nSPS) is 21.5. The predicted octanol–water partition coefficient (Wildman–Crippen LogP) is 3.74. The Kier molecular flexibility index (Phi) is 5.83. The van der Waals surface area contributed by atoms with Crippen molar-refractivity contribution in [3.8, 4) is 5.75 Å². The van der Waals surface area contributed by atoms with Crippen molar-refractivity contribution in [1.29, 1.82) is 0 Å². The molecule has 2 atom stereocenters. The maximum atomic E-state index is 13.4. The van der Waals surface area contributed by atoms with Gasteiger partial charge in [-0.3, -0.25) is 14.5 Å². The number of hydrogen-bond donors (Lipinski definition) is 1. The van der Waals surface area contributed by atoms with Crippen molar-refractivity contribution in [3.05, 3.63) is 89.4 Å². The number of methoxy groups -OCH3 is 1. The van der Waals surface area contributed by atoms with Crippen molar-refractivity contribution in [1.82, 2.24) is 15.2 Å². The molecule has 9 nitrogen and oxygen atoms in total. The van der Waals surface area contributed by atoms with E-state index < -0.39 is 36.0 Å². The number of hydrazone groups is 1. The van der Waals surface area contributed by atoms with E-state index in [0.717, 1.165) is 21.7 Å². The van der Waals surface area contributed by atoms with E-state index in [1.165, 1.54) is 5.01 Å². The van der Waals surface area contributed by atoms with E-state index in [2.05, 4.69) is 10.4 Å². The number of ether oxygens (including phenoxy) is 1. The molecule has 3 aromatic rings. The van der Waals surface area contributed by atoms with Crippen LogP contribution in [0.15, 0.2) is 76.4 Å². The van der Waals surface area contributed by atoms with Gasteiger partial charge in [0.05, 0.1) is 19.1 Å². The fourth-order valence-electron chi connectivity index (χ4n) is 4.53. The molecule has 184 valence electrons. The van der Waals surface area contributed by atoms with Crippen molar-refractivity contribution >= 4 is 23.6 Å². The smallest absolute Gasteiger partial charge is 0.325 e. The highest BCUT2D eigenvalue weighted by Gasteiger charge is 2.50. The summed E-state index contributed by atoms with van der Waals surface area (Å²) in [6.07, 6.45) is 1.99. The van der Waals surface area contributed by atoms with Crippen molar-refractivity contribution in [2.24, 2.45) is 5.10 Å². The second kappa shape index (κ2) is 8.99. The summed E-state index contributed by atoms with van der Waals surface area (Å²) in [5, 5.41) is 8.64. The number of carbonyl (C=O) groups excluding carboxylic acids is 3. The second-order valence-corrected chi connectivity index (χ2v) is 9.06. The van der Waals surface area contributed by atoms with Crippen LogP contribution in [0.4, 0.5) is 4.79 Å². The van der Waals surface area contributed by atoms with Crippen LogP contribution < -0.4 is 10.1 Å². The number of rotatable bonds is 6. The molecule has 1 N–H and O–H groups in total. The van der Waals surface area contributed by atoms with Gasteiger partial charge >= 0.3 is 6.03 Å². The Morgan fingerprint density at radius 3 is 2.50 bits per heavy atom. The number of benzene rings is 2. The highest BCUT2D eigenvalue weighted by atomic mass is 16.5. The molecule has 0 unspecified atom stereocenters. The number of carbonyl (C=O) groups is 3. The lowest BCUT2D eigenvalue weighted by Crippen LogP contribution is -2.43. The highest BCUT2D eigenvalue weighted by molar-refractivity contribution is 6.09. The van der Waals surface area contributed by atoms with Crippen molar-refractivity contribution in [3.63, 3.8) is 0 Å². The van der Waals surface area contributed by atoms with Gasteiger partial charge in [0.25, 0.3) is 11.8 Å². The molecule has 1 fully saturated rings. The molecule has 36 heavy (non-hydrogen) atoms. The van der Waals surface area contributed by atoms with Crippen LogP contribution in [0.3, 0.4) is 0 Å². The molecule has 0 saturated carbocycles. The van der Waals surface area contributed by atoms with Crippen LogP contribution in [0.25, 0.3) is 0 Å². The van der Waals surface area contributed by atoms with Gasteiger partial charge in [-0.15, -0.1) is 0 Å². The Hall–Kier alpha value is -4.40. The van der Waals surface area contributed by atoms with Gasteiger partial charge in [-0.2, -0.15) is 5.10 Å². The second-order valence-electron chi connectivity index (χ2n) is 9.06. The summed E-state index contributed by atoms with van der Waals surface area (Å²) in [6, 6.07) is 17.2. The lowest BCUT2D eigenvalue weighted by atomic mass is 9.92. The average molecular weight is 487 g/mol. The van der Waals surface area contributed by atoms with E-state index in [9.17, 15) is 14.4 Å². The maximum Gasteiger partial charge on any atom is 0.325 e. The molecule has 1 aromatic heterocycles. The Bertz CT molecular complexity index is 1330. The van der Waals surface area contributed by atoms with Gasteiger partial charge in [0.15, 0.2) is 0 Å². The molecule has 0 aliphatic carbocycles. The molecule has 4 amide bonds. The van der Waals surface area contributed by atoms with Crippen LogP contribution in [0.1, 0.15) is 41.8 Å². The zero-order valence-corrected chi connectivity index (χ0v) is 20.2. The van der Waals surface area contributed by atoms with Gasteiger partial charge in [-0.05, 0) is 49.2 Å².